The molecule has 1 aromatic heterocycles. The number of methoxy groups -OCH3 is 1. The highest BCUT2D eigenvalue weighted by molar-refractivity contribution is 6.07. The molecule has 0 spiro atoms. The summed E-state index contributed by atoms with van der Waals surface area (Å²) in [7, 11) is 1.39. The van der Waals surface area contributed by atoms with Crippen molar-refractivity contribution in [2.75, 3.05) is 23.9 Å². The monoisotopic (exact) mass is 274 g/mol. The van der Waals surface area contributed by atoms with E-state index < -0.39 is 5.82 Å². The predicted octanol–water partition coefficient (Wildman–Crippen LogP) is 1.71. The predicted molar refractivity (Wildman–Crippen MR) is 70.6 cm³/mol. The third-order valence-corrected chi connectivity index (χ3v) is 2.98. The van der Waals surface area contributed by atoms with Crippen molar-refractivity contribution in [1.82, 2.24) is 9.97 Å². The van der Waals surface area contributed by atoms with Gasteiger partial charge in [0.05, 0.1) is 25.5 Å². The summed E-state index contributed by atoms with van der Waals surface area (Å²) in [5.41, 5.74) is 0.902. The van der Waals surface area contributed by atoms with Gasteiger partial charge in [0.2, 0.25) is 0 Å². The van der Waals surface area contributed by atoms with Gasteiger partial charge in [-0.2, -0.15) is 0 Å². The molecular weight excluding hydrogens is 263 g/mol. The molecular formula is C13H11FN4O2. The smallest absolute Gasteiger partial charge is 0.251 e. The molecule has 2 heterocycles. The SMILES string of the molecule is COc1ccc(N2C(=O)CNc3ncncc32)cc1F. The van der Waals surface area contributed by atoms with Crippen LogP contribution in [0.3, 0.4) is 0 Å². The number of aromatic nitrogens is 2. The summed E-state index contributed by atoms with van der Waals surface area (Å²) in [5.74, 6) is -0.0803. The third kappa shape index (κ3) is 1.93. The van der Waals surface area contributed by atoms with Crippen LogP contribution in [0.4, 0.5) is 21.6 Å². The van der Waals surface area contributed by atoms with E-state index in [1.54, 1.807) is 6.07 Å². The van der Waals surface area contributed by atoms with Crippen LogP contribution >= 0.6 is 0 Å². The quantitative estimate of drug-likeness (QED) is 0.903. The van der Waals surface area contributed by atoms with Gasteiger partial charge in [0.25, 0.3) is 5.91 Å². The Morgan fingerprint density at radius 1 is 1.45 bits per heavy atom. The van der Waals surface area contributed by atoms with Gasteiger partial charge >= 0.3 is 0 Å². The van der Waals surface area contributed by atoms with Crippen molar-refractivity contribution in [2.24, 2.45) is 0 Å². The normalized spacial score (nSPS) is 13.7. The number of ether oxygens (including phenoxy) is 1. The topological polar surface area (TPSA) is 67.3 Å². The number of halogens is 1. The molecule has 1 amide bonds. The van der Waals surface area contributed by atoms with Crippen molar-refractivity contribution < 1.29 is 13.9 Å². The summed E-state index contributed by atoms with van der Waals surface area (Å²) in [6, 6.07) is 4.34. The lowest BCUT2D eigenvalue weighted by Gasteiger charge is -2.28. The van der Waals surface area contributed by atoms with Crippen molar-refractivity contribution in [1.29, 1.82) is 0 Å². The number of carbonyl (C=O) groups excluding carboxylic acids is 1. The molecule has 0 fully saturated rings. The molecule has 7 heteroatoms. The van der Waals surface area contributed by atoms with Crippen LogP contribution in [0.1, 0.15) is 0 Å². The number of nitrogens with one attached hydrogen (secondary N) is 1. The fourth-order valence-corrected chi connectivity index (χ4v) is 2.07. The van der Waals surface area contributed by atoms with E-state index >= 15 is 0 Å². The summed E-state index contributed by atoms with van der Waals surface area (Å²) < 4.78 is 18.7. The average Bonchev–Trinajstić information content (AvgIpc) is 2.47. The third-order valence-electron chi connectivity index (χ3n) is 2.98. The molecule has 0 saturated carbocycles. The minimum Gasteiger partial charge on any atom is -0.494 e. The zero-order valence-electron chi connectivity index (χ0n) is 10.6. The van der Waals surface area contributed by atoms with Crippen molar-refractivity contribution >= 4 is 23.1 Å². The minimum atomic E-state index is -0.533. The fraction of sp³-hybridized carbons (Fsp3) is 0.154. The number of anilines is 3. The molecule has 2 aromatic rings. The van der Waals surface area contributed by atoms with E-state index in [0.29, 0.717) is 17.2 Å². The number of benzene rings is 1. The number of amides is 1. The first-order chi connectivity index (χ1) is 9.70. The standard InChI is InChI=1S/C13H11FN4O2/c1-20-11-3-2-8(4-9(11)14)18-10-5-15-7-17-13(10)16-6-12(18)19/h2-5,7H,6H2,1H3,(H,15,16,17). The Hall–Kier alpha value is -2.70. The molecule has 6 nitrogen and oxygen atoms in total. The fourth-order valence-electron chi connectivity index (χ4n) is 2.07. The highest BCUT2D eigenvalue weighted by Crippen LogP contribution is 2.34. The lowest BCUT2D eigenvalue weighted by atomic mass is 10.2. The maximum atomic E-state index is 13.8. The average molecular weight is 274 g/mol. The van der Waals surface area contributed by atoms with Crippen molar-refractivity contribution in [3.8, 4) is 5.75 Å². The molecule has 1 aliphatic rings. The molecule has 1 N–H and O–H groups in total. The van der Waals surface area contributed by atoms with E-state index in [1.165, 1.54) is 36.7 Å². The molecule has 3 rings (SSSR count). The molecule has 1 aromatic carbocycles. The molecule has 0 saturated heterocycles. The maximum Gasteiger partial charge on any atom is 0.251 e. The van der Waals surface area contributed by atoms with Crippen LogP contribution in [-0.2, 0) is 4.79 Å². The summed E-state index contributed by atoms with van der Waals surface area (Å²) in [4.78, 5) is 21.4. The molecule has 102 valence electrons. The van der Waals surface area contributed by atoms with E-state index in [-0.39, 0.29) is 18.2 Å². The van der Waals surface area contributed by atoms with Crippen LogP contribution in [0, 0.1) is 5.82 Å². The second kappa shape index (κ2) is 4.76. The first-order valence-corrected chi connectivity index (χ1v) is 5.91. The molecule has 0 atom stereocenters. The van der Waals surface area contributed by atoms with Crippen LogP contribution < -0.4 is 15.0 Å². The van der Waals surface area contributed by atoms with E-state index in [2.05, 4.69) is 15.3 Å². The Labute approximate surface area is 114 Å². The minimum absolute atomic E-state index is 0.0949. The molecule has 0 radical (unpaired) electrons. The van der Waals surface area contributed by atoms with Gasteiger partial charge < -0.3 is 10.1 Å². The molecule has 1 aliphatic heterocycles. The molecule has 0 bridgehead atoms. The maximum absolute atomic E-state index is 13.8. The Morgan fingerprint density at radius 2 is 2.30 bits per heavy atom. The Morgan fingerprint density at radius 3 is 3.05 bits per heavy atom. The van der Waals surface area contributed by atoms with Gasteiger partial charge in [-0.3, -0.25) is 9.69 Å². The Balaban J connectivity index is 2.09. The van der Waals surface area contributed by atoms with Gasteiger partial charge in [-0.25, -0.2) is 14.4 Å². The number of hydrogen-bond acceptors (Lipinski definition) is 5. The first kappa shape index (κ1) is 12.3. The Kier molecular flexibility index (Phi) is 2.94. The molecule has 0 unspecified atom stereocenters. The van der Waals surface area contributed by atoms with E-state index in [4.69, 9.17) is 4.74 Å². The molecule has 0 aliphatic carbocycles. The summed E-state index contributed by atoms with van der Waals surface area (Å²) in [5, 5.41) is 2.89. The summed E-state index contributed by atoms with van der Waals surface area (Å²) in [6.45, 7) is 0.0949. The number of fused-ring (bicyclic) bond motifs is 1. The lowest BCUT2D eigenvalue weighted by Crippen LogP contribution is -2.37. The van der Waals surface area contributed by atoms with Gasteiger partial charge in [0.1, 0.15) is 12.0 Å². The molecule has 20 heavy (non-hydrogen) atoms. The second-order valence-corrected chi connectivity index (χ2v) is 4.16. The van der Waals surface area contributed by atoms with Crippen LogP contribution in [-0.4, -0.2) is 29.5 Å². The van der Waals surface area contributed by atoms with Crippen molar-refractivity contribution in [3.05, 3.63) is 36.5 Å². The summed E-state index contributed by atoms with van der Waals surface area (Å²) >= 11 is 0. The van der Waals surface area contributed by atoms with Gasteiger partial charge in [-0.1, -0.05) is 0 Å². The zero-order valence-corrected chi connectivity index (χ0v) is 10.6. The zero-order chi connectivity index (χ0) is 14.1. The van der Waals surface area contributed by atoms with Crippen LogP contribution in [0.15, 0.2) is 30.7 Å². The van der Waals surface area contributed by atoms with Crippen LogP contribution in [0.5, 0.6) is 5.75 Å². The number of nitrogens with zero attached hydrogens (tertiary/aromatic N) is 3. The van der Waals surface area contributed by atoms with Gasteiger partial charge in [-0.05, 0) is 12.1 Å². The Bertz CT molecular complexity index is 677. The largest absolute Gasteiger partial charge is 0.494 e. The van der Waals surface area contributed by atoms with Gasteiger partial charge in [0.15, 0.2) is 17.4 Å². The van der Waals surface area contributed by atoms with E-state index in [0.717, 1.165) is 0 Å². The highest BCUT2D eigenvalue weighted by atomic mass is 19.1. The van der Waals surface area contributed by atoms with E-state index in [1.807, 2.05) is 0 Å². The lowest BCUT2D eigenvalue weighted by molar-refractivity contribution is -0.116. The second-order valence-electron chi connectivity index (χ2n) is 4.16. The number of carbonyl (C=O) groups is 1. The first-order valence-electron chi connectivity index (χ1n) is 5.91. The van der Waals surface area contributed by atoms with Gasteiger partial charge in [-0.15, -0.1) is 0 Å². The van der Waals surface area contributed by atoms with Crippen molar-refractivity contribution in [3.63, 3.8) is 0 Å². The van der Waals surface area contributed by atoms with Crippen LogP contribution in [0.25, 0.3) is 0 Å². The van der Waals surface area contributed by atoms with Gasteiger partial charge in [0, 0.05) is 6.07 Å². The highest BCUT2D eigenvalue weighted by Gasteiger charge is 2.27. The number of hydrogen-bond donors (Lipinski definition) is 1. The number of rotatable bonds is 2. The van der Waals surface area contributed by atoms with Crippen LogP contribution in [0.2, 0.25) is 0 Å². The summed E-state index contributed by atoms with van der Waals surface area (Å²) in [6.07, 6.45) is 2.89. The van der Waals surface area contributed by atoms with Crippen molar-refractivity contribution in [2.45, 2.75) is 0 Å². The van der Waals surface area contributed by atoms with E-state index in [9.17, 15) is 9.18 Å².